The van der Waals surface area contributed by atoms with Gasteiger partial charge in [0.25, 0.3) is 0 Å². The molecule has 0 amide bonds. The summed E-state index contributed by atoms with van der Waals surface area (Å²) in [4.78, 5) is 37.9. The highest BCUT2D eigenvalue weighted by Crippen LogP contribution is 2.17. The third-order valence-corrected chi connectivity index (χ3v) is 13.4. The van der Waals surface area contributed by atoms with E-state index in [1.54, 1.807) is 0 Å². The van der Waals surface area contributed by atoms with E-state index in [4.69, 9.17) is 14.2 Å². The number of rotatable bonds is 56. The molecular weight excluding hydrogens is 889 g/mol. The zero-order valence-electron chi connectivity index (χ0n) is 47.7. The predicted molar refractivity (Wildman–Crippen MR) is 311 cm³/mol. The van der Waals surface area contributed by atoms with E-state index in [9.17, 15) is 14.4 Å². The van der Waals surface area contributed by atoms with Crippen LogP contribution in [0.2, 0.25) is 0 Å². The molecule has 0 heterocycles. The van der Waals surface area contributed by atoms with Crippen LogP contribution in [0.1, 0.15) is 310 Å². The Balaban J connectivity index is 4.07. The van der Waals surface area contributed by atoms with Crippen LogP contribution >= 0.6 is 0 Å². The van der Waals surface area contributed by atoms with Gasteiger partial charge in [-0.25, -0.2) is 0 Å². The molecule has 0 saturated carbocycles. The first-order valence-electron chi connectivity index (χ1n) is 30.9. The molecule has 1 unspecified atom stereocenters. The molecule has 1 atom stereocenters. The summed E-state index contributed by atoms with van der Waals surface area (Å²) in [5.41, 5.74) is 0. The average Bonchev–Trinajstić information content (AvgIpc) is 3.38. The summed E-state index contributed by atoms with van der Waals surface area (Å²) in [6.45, 7) is 6.46. The molecule has 0 aromatic carbocycles. The molecule has 0 N–H and O–H groups in total. The molecule has 0 aliphatic rings. The van der Waals surface area contributed by atoms with Crippen molar-refractivity contribution in [3.8, 4) is 0 Å². The van der Waals surface area contributed by atoms with Crippen LogP contribution in [0.5, 0.6) is 0 Å². The molecule has 0 aliphatic carbocycles. The van der Waals surface area contributed by atoms with Crippen molar-refractivity contribution in [2.75, 3.05) is 13.2 Å². The van der Waals surface area contributed by atoms with Gasteiger partial charge < -0.3 is 14.2 Å². The van der Waals surface area contributed by atoms with Gasteiger partial charge in [0.1, 0.15) is 13.2 Å². The summed E-state index contributed by atoms with van der Waals surface area (Å²) in [5.74, 6) is -0.919. The topological polar surface area (TPSA) is 78.9 Å². The van der Waals surface area contributed by atoms with Gasteiger partial charge in [-0.2, -0.15) is 0 Å². The third-order valence-electron chi connectivity index (χ3n) is 13.4. The highest BCUT2D eigenvalue weighted by atomic mass is 16.6. The van der Waals surface area contributed by atoms with Crippen LogP contribution in [0.15, 0.2) is 72.9 Å². The van der Waals surface area contributed by atoms with Crippen LogP contribution in [-0.4, -0.2) is 37.2 Å². The Morgan fingerprint density at radius 3 is 0.875 bits per heavy atom. The zero-order valence-corrected chi connectivity index (χ0v) is 47.7. The Kier molecular flexibility index (Phi) is 57.8. The van der Waals surface area contributed by atoms with Crippen LogP contribution < -0.4 is 0 Å². The molecule has 0 aliphatic heterocycles. The highest BCUT2D eigenvalue weighted by molar-refractivity contribution is 5.71. The molecule has 0 fully saturated rings. The van der Waals surface area contributed by atoms with E-state index in [1.807, 2.05) is 0 Å². The molecule has 0 aromatic heterocycles. The SMILES string of the molecule is CC/C=C\C/C=C\C/C=C\C/C=C\C/C=C\CCCCCC(=O)OC(COC(=O)CCCCCCCC)COC(=O)CCCCCCCCCCCCCCCCCCC/C=C\CCCCCCCCCC. The monoisotopic (exact) mass is 1000 g/mol. The van der Waals surface area contributed by atoms with Gasteiger partial charge in [0.15, 0.2) is 6.10 Å². The van der Waals surface area contributed by atoms with Gasteiger partial charge in [-0.15, -0.1) is 0 Å². The molecule has 0 bridgehead atoms. The smallest absolute Gasteiger partial charge is 0.306 e. The van der Waals surface area contributed by atoms with E-state index in [2.05, 4.69) is 93.7 Å². The number of carbonyl (C=O) groups excluding carboxylic acids is 3. The van der Waals surface area contributed by atoms with Crippen molar-refractivity contribution in [2.24, 2.45) is 0 Å². The molecule has 0 saturated heterocycles. The number of hydrogen-bond donors (Lipinski definition) is 0. The minimum absolute atomic E-state index is 0.0866. The molecule has 0 spiro atoms. The first kappa shape index (κ1) is 68.8. The second kappa shape index (κ2) is 60.4. The molecule has 0 aromatic rings. The van der Waals surface area contributed by atoms with Crippen molar-refractivity contribution in [1.82, 2.24) is 0 Å². The first-order chi connectivity index (χ1) is 35.5. The summed E-state index contributed by atoms with van der Waals surface area (Å²) in [7, 11) is 0. The standard InChI is InChI=1S/C66H116O6/c1-4-7-10-13-16-18-20-22-24-26-28-29-30-31-32-33-34-35-36-37-39-40-42-44-46-48-50-53-56-59-65(68)71-62-63(61-70-64(67)58-55-52-15-12-9-6-3)72-66(69)60-57-54-51-49-47-45-43-41-38-27-25-23-21-19-17-14-11-8-5-2/h8,11,17,19,23,25-26,28,38,41,45,47,63H,4-7,9-10,12-16,18,20-22,24,27,29-37,39-40,42-44,46,48-62H2,1-3H3/b11-8-,19-17-,25-23-,28-26-,41-38-,47-45-. The lowest BCUT2D eigenvalue weighted by atomic mass is 10.0. The summed E-state index contributed by atoms with van der Waals surface area (Å²) >= 11 is 0. The lowest BCUT2D eigenvalue weighted by Gasteiger charge is -2.18. The van der Waals surface area contributed by atoms with Crippen molar-refractivity contribution >= 4 is 17.9 Å². The summed E-state index contributed by atoms with van der Waals surface area (Å²) in [6.07, 6.45) is 78.1. The second-order valence-corrected chi connectivity index (χ2v) is 20.6. The van der Waals surface area contributed by atoms with Gasteiger partial charge in [0, 0.05) is 19.3 Å². The first-order valence-corrected chi connectivity index (χ1v) is 30.9. The van der Waals surface area contributed by atoms with Crippen molar-refractivity contribution in [3.63, 3.8) is 0 Å². The maximum Gasteiger partial charge on any atom is 0.306 e. The molecule has 6 heteroatoms. The second-order valence-electron chi connectivity index (χ2n) is 20.6. The van der Waals surface area contributed by atoms with Gasteiger partial charge in [-0.1, -0.05) is 273 Å². The molecule has 72 heavy (non-hydrogen) atoms. The van der Waals surface area contributed by atoms with Crippen molar-refractivity contribution in [1.29, 1.82) is 0 Å². The fraction of sp³-hybridized carbons (Fsp3) is 0.773. The average molecular weight is 1010 g/mol. The maximum atomic E-state index is 12.8. The van der Waals surface area contributed by atoms with Crippen LogP contribution in [0, 0.1) is 0 Å². The van der Waals surface area contributed by atoms with E-state index in [0.29, 0.717) is 19.3 Å². The summed E-state index contributed by atoms with van der Waals surface area (Å²) < 4.78 is 16.8. The minimum Gasteiger partial charge on any atom is -0.462 e. The Bertz CT molecular complexity index is 1340. The lowest BCUT2D eigenvalue weighted by molar-refractivity contribution is -0.167. The van der Waals surface area contributed by atoms with Gasteiger partial charge in [-0.05, 0) is 89.9 Å². The molecule has 0 radical (unpaired) electrons. The van der Waals surface area contributed by atoms with E-state index in [0.717, 1.165) is 96.3 Å². The number of allylic oxidation sites excluding steroid dienone is 12. The molecule has 416 valence electrons. The highest BCUT2D eigenvalue weighted by Gasteiger charge is 2.19. The quantitative estimate of drug-likeness (QED) is 0.0261. The van der Waals surface area contributed by atoms with Crippen LogP contribution in [0.4, 0.5) is 0 Å². The molecule has 6 nitrogen and oxygen atoms in total. The Hall–Kier alpha value is -3.15. The fourth-order valence-electron chi connectivity index (χ4n) is 8.82. The molecular formula is C66H116O6. The third kappa shape index (κ3) is 57.7. The van der Waals surface area contributed by atoms with Crippen molar-refractivity contribution < 1.29 is 28.6 Å². The number of hydrogen-bond acceptors (Lipinski definition) is 6. The normalized spacial score (nSPS) is 12.5. The van der Waals surface area contributed by atoms with Gasteiger partial charge >= 0.3 is 17.9 Å². The Labute approximate surface area is 446 Å². The van der Waals surface area contributed by atoms with E-state index in [-0.39, 0.29) is 31.1 Å². The molecule has 0 rings (SSSR count). The number of carbonyl (C=O) groups is 3. The van der Waals surface area contributed by atoms with E-state index >= 15 is 0 Å². The summed E-state index contributed by atoms with van der Waals surface area (Å²) in [6, 6.07) is 0. The predicted octanol–water partition coefficient (Wildman–Crippen LogP) is 20.9. The van der Waals surface area contributed by atoms with Gasteiger partial charge in [-0.3, -0.25) is 14.4 Å². The van der Waals surface area contributed by atoms with Gasteiger partial charge in [0.2, 0.25) is 0 Å². The van der Waals surface area contributed by atoms with Crippen molar-refractivity contribution in [3.05, 3.63) is 72.9 Å². The summed E-state index contributed by atoms with van der Waals surface area (Å²) in [5, 5.41) is 0. The lowest BCUT2D eigenvalue weighted by Crippen LogP contribution is -2.30. The van der Waals surface area contributed by atoms with Crippen LogP contribution in [0.3, 0.4) is 0 Å². The number of esters is 3. The fourth-order valence-corrected chi connectivity index (χ4v) is 8.82. The van der Waals surface area contributed by atoms with E-state index in [1.165, 1.54) is 173 Å². The zero-order chi connectivity index (χ0) is 52.2. The Morgan fingerprint density at radius 2 is 0.542 bits per heavy atom. The number of unbranched alkanes of at least 4 members (excludes halogenated alkanes) is 33. The largest absolute Gasteiger partial charge is 0.462 e. The van der Waals surface area contributed by atoms with Crippen LogP contribution in [0.25, 0.3) is 0 Å². The maximum absolute atomic E-state index is 12.8. The van der Waals surface area contributed by atoms with Crippen molar-refractivity contribution in [2.45, 2.75) is 316 Å². The Morgan fingerprint density at radius 1 is 0.292 bits per heavy atom. The number of ether oxygens (including phenoxy) is 3. The van der Waals surface area contributed by atoms with E-state index < -0.39 is 6.10 Å². The minimum atomic E-state index is -0.789. The van der Waals surface area contributed by atoms with Gasteiger partial charge in [0.05, 0.1) is 0 Å². The van der Waals surface area contributed by atoms with Crippen LogP contribution in [-0.2, 0) is 28.6 Å².